The molecular formula is C14H17N5OS. The number of carbonyl (C=O) groups excluding carboxylic acids is 1. The molecule has 0 bridgehead atoms. The Morgan fingerprint density at radius 2 is 2.24 bits per heavy atom. The van der Waals surface area contributed by atoms with Crippen LogP contribution in [0.4, 0.5) is 5.82 Å². The number of aromatic nitrogens is 3. The minimum absolute atomic E-state index is 0.0214. The Kier molecular flexibility index (Phi) is 4.10. The van der Waals surface area contributed by atoms with E-state index < -0.39 is 0 Å². The predicted molar refractivity (Wildman–Crippen MR) is 80.9 cm³/mol. The number of anilines is 1. The molecule has 1 fully saturated rings. The first kappa shape index (κ1) is 13.9. The van der Waals surface area contributed by atoms with Crippen molar-refractivity contribution in [3.8, 4) is 0 Å². The molecule has 0 aromatic carbocycles. The largest absolute Gasteiger partial charge is 0.382 e. The van der Waals surface area contributed by atoms with Crippen LogP contribution in [-0.4, -0.2) is 38.8 Å². The summed E-state index contributed by atoms with van der Waals surface area (Å²) in [6.07, 6.45) is 6.10. The molecule has 1 saturated heterocycles. The second-order valence-corrected chi connectivity index (χ2v) is 5.94. The predicted octanol–water partition coefficient (Wildman–Crippen LogP) is 1.61. The molecule has 110 valence electrons. The summed E-state index contributed by atoms with van der Waals surface area (Å²) in [5.41, 5.74) is 8.90. The molecule has 6 nitrogen and oxygen atoms in total. The smallest absolute Gasteiger partial charge is 0.273 e. The number of rotatable bonds is 3. The van der Waals surface area contributed by atoms with Crippen molar-refractivity contribution in [2.75, 3.05) is 18.8 Å². The number of hydrogen-bond acceptors (Lipinski definition) is 6. The number of nitrogens with two attached hydrogens (primary N) is 1. The van der Waals surface area contributed by atoms with Gasteiger partial charge in [-0.3, -0.25) is 9.78 Å². The van der Waals surface area contributed by atoms with Crippen LogP contribution in [0.3, 0.4) is 0 Å². The van der Waals surface area contributed by atoms with Crippen LogP contribution >= 0.6 is 11.3 Å². The topological polar surface area (TPSA) is 85.0 Å². The first-order valence-corrected chi connectivity index (χ1v) is 7.91. The fraction of sp³-hybridized carbons (Fsp3) is 0.429. The van der Waals surface area contributed by atoms with Gasteiger partial charge >= 0.3 is 0 Å². The molecule has 21 heavy (non-hydrogen) atoms. The van der Waals surface area contributed by atoms with Crippen molar-refractivity contribution in [1.29, 1.82) is 0 Å². The maximum Gasteiger partial charge on any atom is 0.273 e. The lowest BCUT2D eigenvalue weighted by molar-refractivity contribution is 0.0668. The number of piperidine rings is 1. The molecule has 0 unspecified atom stereocenters. The van der Waals surface area contributed by atoms with Gasteiger partial charge in [0, 0.05) is 30.9 Å². The zero-order valence-corrected chi connectivity index (χ0v) is 12.4. The molecule has 0 aliphatic carbocycles. The molecule has 3 rings (SSSR count). The number of nitrogens with zero attached hydrogens (tertiary/aromatic N) is 4. The lowest BCUT2D eigenvalue weighted by Gasteiger charge is -2.32. The Bertz CT molecular complexity index is 616. The molecule has 1 amide bonds. The maximum absolute atomic E-state index is 12.3. The minimum Gasteiger partial charge on any atom is -0.382 e. The Balaban J connectivity index is 1.66. The summed E-state index contributed by atoms with van der Waals surface area (Å²) < 4.78 is 0. The molecule has 2 aromatic rings. The molecule has 2 aromatic heterocycles. The Labute approximate surface area is 127 Å². The number of likely N-dealkylation sites (tertiary alicyclic amines) is 1. The van der Waals surface area contributed by atoms with Crippen molar-refractivity contribution in [1.82, 2.24) is 19.9 Å². The molecule has 1 aliphatic rings. The monoisotopic (exact) mass is 303 g/mol. The molecular weight excluding hydrogens is 286 g/mol. The number of hydrogen-bond donors (Lipinski definition) is 1. The van der Waals surface area contributed by atoms with Gasteiger partial charge in [-0.25, -0.2) is 9.97 Å². The first-order valence-electron chi connectivity index (χ1n) is 6.97. The normalized spacial score (nSPS) is 18.7. The molecule has 1 aliphatic heterocycles. The Morgan fingerprint density at radius 3 is 3.00 bits per heavy atom. The molecule has 0 saturated carbocycles. The van der Waals surface area contributed by atoms with Crippen molar-refractivity contribution >= 4 is 23.1 Å². The number of amides is 1. The Morgan fingerprint density at radius 1 is 1.38 bits per heavy atom. The van der Waals surface area contributed by atoms with Crippen molar-refractivity contribution < 1.29 is 4.79 Å². The van der Waals surface area contributed by atoms with Crippen LogP contribution in [0.5, 0.6) is 0 Å². The molecule has 1 atom stereocenters. The molecule has 7 heteroatoms. The van der Waals surface area contributed by atoms with E-state index >= 15 is 0 Å². The van der Waals surface area contributed by atoms with Gasteiger partial charge < -0.3 is 10.6 Å². The van der Waals surface area contributed by atoms with E-state index in [1.165, 1.54) is 11.3 Å². The standard InChI is InChI=1S/C14H17N5OS/c15-13-11(16-3-4-17-13)6-10-2-1-5-19(7-10)14(20)12-8-21-9-18-12/h3-4,8-10H,1-2,5-7H2,(H2,15,17)/t10-/m1/s1. The van der Waals surface area contributed by atoms with Gasteiger partial charge in [0.25, 0.3) is 5.91 Å². The molecule has 2 N–H and O–H groups in total. The lowest BCUT2D eigenvalue weighted by Crippen LogP contribution is -2.40. The zero-order chi connectivity index (χ0) is 14.7. The summed E-state index contributed by atoms with van der Waals surface area (Å²) >= 11 is 1.44. The Hall–Kier alpha value is -2.02. The van der Waals surface area contributed by atoms with E-state index in [-0.39, 0.29) is 5.91 Å². The van der Waals surface area contributed by atoms with Gasteiger partial charge in [-0.05, 0) is 25.2 Å². The van der Waals surface area contributed by atoms with E-state index in [0.29, 0.717) is 17.4 Å². The van der Waals surface area contributed by atoms with Crippen LogP contribution in [-0.2, 0) is 6.42 Å². The third-order valence-electron chi connectivity index (χ3n) is 3.75. The van der Waals surface area contributed by atoms with Gasteiger partial charge in [-0.2, -0.15) is 0 Å². The summed E-state index contributed by atoms with van der Waals surface area (Å²) in [6.45, 7) is 1.52. The third kappa shape index (κ3) is 3.18. The van der Waals surface area contributed by atoms with Gasteiger partial charge in [-0.1, -0.05) is 0 Å². The van der Waals surface area contributed by atoms with E-state index in [9.17, 15) is 4.79 Å². The maximum atomic E-state index is 12.3. The van der Waals surface area contributed by atoms with Crippen LogP contribution in [0.15, 0.2) is 23.3 Å². The van der Waals surface area contributed by atoms with Crippen molar-refractivity contribution in [2.45, 2.75) is 19.3 Å². The highest BCUT2D eigenvalue weighted by molar-refractivity contribution is 7.07. The summed E-state index contributed by atoms with van der Waals surface area (Å²) in [4.78, 5) is 26.7. The summed E-state index contributed by atoms with van der Waals surface area (Å²) in [5, 5.41) is 1.80. The van der Waals surface area contributed by atoms with Gasteiger partial charge in [0.1, 0.15) is 11.5 Å². The number of thiazole rings is 1. The number of nitrogen functional groups attached to an aromatic ring is 1. The second-order valence-electron chi connectivity index (χ2n) is 5.23. The van der Waals surface area contributed by atoms with Gasteiger partial charge in [0.2, 0.25) is 0 Å². The van der Waals surface area contributed by atoms with Gasteiger partial charge in [-0.15, -0.1) is 11.3 Å². The van der Waals surface area contributed by atoms with Gasteiger partial charge in [0.05, 0.1) is 11.2 Å². The van der Waals surface area contributed by atoms with Crippen LogP contribution in [0.2, 0.25) is 0 Å². The number of carbonyl (C=O) groups is 1. The molecule has 3 heterocycles. The fourth-order valence-electron chi connectivity index (χ4n) is 2.70. The van der Waals surface area contributed by atoms with Crippen molar-refractivity contribution in [3.05, 3.63) is 34.7 Å². The first-order chi connectivity index (χ1) is 10.2. The van der Waals surface area contributed by atoms with E-state index in [0.717, 1.165) is 38.0 Å². The van der Waals surface area contributed by atoms with E-state index in [2.05, 4.69) is 15.0 Å². The highest BCUT2D eigenvalue weighted by Crippen LogP contribution is 2.22. The van der Waals surface area contributed by atoms with E-state index in [1.54, 1.807) is 23.3 Å². The average Bonchev–Trinajstić information content (AvgIpc) is 3.03. The fourth-order valence-corrected chi connectivity index (χ4v) is 3.23. The quantitative estimate of drug-likeness (QED) is 0.931. The van der Waals surface area contributed by atoms with Crippen molar-refractivity contribution in [2.24, 2.45) is 5.92 Å². The summed E-state index contributed by atoms with van der Waals surface area (Å²) in [6, 6.07) is 0. The van der Waals surface area contributed by atoms with Crippen LogP contribution in [0.25, 0.3) is 0 Å². The minimum atomic E-state index is 0.0214. The second kappa shape index (κ2) is 6.17. The van der Waals surface area contributed by atoms with Crippen LogP contribution in [0, 0.1) is 5.92 Å². The average molecular weight is 303 g/mol. The van der Waals surface area contributed by atoms with Crippen LogP contribution in [0.1, 0.15) is 29.0 Å². The van der Waals surface area contributed by atoms with Crippen molar-refractivity contribution in [3.63, 3.8) is 0 Å². The van der Waals surface area contributed by atoms with Crippen LogP contribution < -0.4 is 5.73 Å². The van der Waals surface area contributed by atoms with Gasteiger partial charge in [0.15, 0.2) is 0 Å². The van der Waals surface area contributed by atoms with E-state index in [1.807, 2.05) is 4.90 Å². The SMILES string of the molecule is Nc1nccnc1C[C@H]1CCCN(C(=O)c2cscn2)C1. The zero-order valence-electron chi connectivity index (χ0n) is 11.6. The lowest BCUT2D eigenvalue weighted by atomic mass is 9.93. The summed E-state index contributed by atoms with van der Waals surface area (Å²) in [7, 11) is 0. The van der Waals surface area contributed by atoms with E-state index in [4.69, 9.17) is 5.73 Å². The highest BCUT2D eigenvalue weighted by atomic mass is 32.1. The summed E-state index contributed by atoms with van der Waals surface area (Å²) in [5.74, 6) is 0.883. The third-order valence-corrected chi connectivity index (χ3v) is 4.33. The molecule has 0 spiro atoms. The highest BCUT2D eigenvalue weighted by Gasteiger charge is 2.26. The molecule has 0 radical (unpaired) electrons.